The van der Waals surface area contributed by atoms with E-state index in [0.717, 1.165) is 20.9 Å². The molecule has 6 heterocycles. The smallest absolute Gasteiger partial charge is 0.416 e. The second kappa shape index (κ2) is 30.2. The first kappa shape index (κ1) is 71.5. The molecular formula is C69H85N5O23. The summed E-state index contributed by atoms with van der Waals surface area (Å²) >= 11 is 0. The van der Waals surface area contributed by atoms with Crippen molar-refractivity contribution in [3.63, 3.8) is 0 Å². The third-order valence-corrected chi connectivity index (χ3v) is 17.5. The number of anilines is 2. The first-order chi connectivity index (χ1) is 46.1. The monoisotopic (exact) mass is 1350 g/mol. The number of nitrogens with one attached hydrogen (secondary N) is 1. The molecule has 9 N–H and O–H groups in total. The van der Waals surface area contributed by atoms with Gasteiger partial charge in [0.1, 0.15) is 72.8 Å². The van der Waals surface area contributed by atoms with Crippen molar-refractivity contribution in [3.05, 3.63) is 129 Å². The highest BCUT2D eigenvalue weighted by molar-refractivity contribution is 6.07. The van der Waals surface area contributed by atoms with E-state index >= 15 is 0 Å². The van der Waals surface area contributed by atoms with Gasteiger partial charge in [0.25, 0.3) is 17.7 Å². The van der Waals surface area contributed by atoms with Crippen LogP contribution in [0.2, 0.25) is 0 Å². The number of ether oxygens (including phenoxy) is 9. The van der Waals surface area contributed by atoms with Gasteiger partial charge in [-0.3, -0.25) is 19.2 Å². The SMILES string of the molecule is COCCNC(=O)c1cc(COC(=O)N2c3cc(OCCCCCOc4cc5c(cc4C)C(=O)N4C=C(C)C[C@H]4C(O)N5C(=O)OCc4ccc(O[C@@H]5OC[C@@H](O)[C@H](O)[C@H]5O)c(C(=O)CC(C)(C)C)c4)c(C)cc3C(=O)N3C=C(C)C[C@H]3C2O)ccc1O[C@@H]1OC[C@@H](O)[C@H](O)[C@H]1O. The summed E-state index contributed by atoms with van der Waals surface area (Å²) in [7, 11) is 1.46. The zero-order chi connectivity index (χ0) is 69.9. The summed E-state index contributed by atoms with van der Waals surface area (Å²) in [6, 6.07) is 13.2. The molecule has 5 amide bonds. The van der Waals surface area contributed by atoms with Crippen molar-refractivity contribution >= 4 is 47.1 Å². The number of carbonyl (C=O) groups excluding carboxylic acids is 6. The van der Waals surface area contributed by atoms with E-state index in [2.05, 4.69) is 5.32 Å². The molecule has 0 spiro atoms. The van der Waals surface area contributed by atoms with Gasteiger partial charge in [0.15, 0.2) is 18.2 Å². The number of aliphatic hydroxyl groups is 8. The second-order valence-corrected chi connectivity index (χ2v) is 26.4. The summed E-state index contributed by atoms with van der Waals surface area (Å²) in [6.45, 7) is 11.9. The zero-order valence-electron chi connectivity index (χ0n) is 55.2. The third-order valence-electron chi connectivity index (χ3n) is 17.5. The fraction of sp³-hybridized carbons (Fsp3) is 0.507. The highest BCUT2D eigenvalue weighted by Gasteiger charge is 2.48. The Morgan fingerprint density at radius 1 is 0.567 bits per heavy atom. The maximum Gasteiger partial charge on any atom is 0.416 e. The fourth-order valence-corrected chi connectivity index (χ4v) is 12.3. The van der Waals surface area contributed by atoms with Gasteiger partial charge < -0.3 is 98.6 Å². The van der Waals surface area contributed by atoms with E-state index in [1.807, 2.05) is 34.6 Å². The Bertz CT molecular complexity index is 3680. The molecule has 97 heavy (non-hydrogen) atoms. The summed E-state index contributed by atoms with van der Waals surface area (Å²) in [5, 5.41) is 88.5. The summed E-state index contributed by atoms with van der Waals surface area (Å²) in [6.07, 6.45) is -11.8. The average Bonchev–Trinajstić information content (AvgIpc) is 1.63. The molecule has 2 fully saturated rings. The first-order valence-electron chi connectivity index (χ1n) is 32.2. The Hall–Kier alpha value is -8.26. The highest BCUT2D eigenvalue weighted by atomic mass is 16.7. The number of unbranched alkanes of at least 4 members (excludes halogenated alkanes) is 2. The maximum atomic E-state index is 14.5. The number of rotatable bonds is 22. The Kier molecular flexibility index (Phi) is 22.3. The summed E-state index contributed by atoms with van der Waals surface area (Å²) < 4.78 is 52.0. The van der Waals surface area contributed by atoms with Crippen LogP contribution in [0, 0.1) is 19.3 Å². The number of amides is 5. The molecule has 0 bridgehead atoms. The van der Waals surface area contributed by atoms with Crippen LogP contribution in [0.15, 0.2) is 84.2 Å². The number of aryl methyl sites for hydroxylation is 2. The Balaban J connectivity index is 0.803. The normalized spacial score (nSPS) is 25.4. The van der Waals surface area contributed by atoms with Gasteiger partial charge in [-0.25, -0.2) is 19.4 Å². The molecule has 4 aromatic rings. The molecule has 0 saturated carbocycles. The fourth-order valence-electron chi connectivity index (χ4n) is 12.3. The number of fused-ring (bicyclic) bond motifs is 4. The van der Waals surface area contributed by atoms with E-state index in [4.69, 9.17) is 42.6 Å². The number of ketones is 1. The molecule has 2 saturated heterocycles. The molecule has 0 aliphatic carbocycles. The lowest BCUT2D eigenvalue weighted by molar-refractivity contribution is -0.242. The van der Waals surface area contributed by atoms with Crippen molar-refractivity contribution in [1.29, 1.82) is 0 Å². The van der Waals surface area contributed by atoms with Gasteiger partial charge in [-0.15, -0.1) is 0 Å². The van der Waals surface area contributed by atoms with E-state index < -0.39 is 122 Å². The lowest BCUT2D eigenvalue weighted by atomic mass is 9.87. The standard InChI is InChI=1S/C69H85N5O23/c1-35-20-47-63(85)73(67(87)94-31-39-12-14-52(43(24-39)49(75)28-69(5,6)7)96-65-58(80)56(78)50(76)33-92-65)45-26-54(37(3)22-41(45)61(83)71(47)29-35)90-17-10-9-11-18-91-55-27-46-42(23-38(55)4)62(84)72-30-36(2)21-48(72)64(86)74(46)68(88)95-32-40-13-15-53(44(25-40)60(82)70-16-19-89-8)97-66-59(81)57(79)51(77)34-93-66/h12-15,22-27,29-30,47-48,50-51,56-59,63-66,76-81,85-86H,9-11,16-21,28,31-34H2,1-8H3,(H,70,82)/t47-,48-,50+,51+,56-,57-,58+,59+,63?,64?,65-,66-/m0/s1. The Morgan fingerprint density at radius 3 is 1.45 bits per heavy atom. The highest BCUT2D eigenvalue weighted by Crippen LogP contribution is 2.42. The number of nitrogens with zero attached hydrogens (tertiary/aromatic N) is 4. The van der Waals surface area contributed by atoms with Gasteiger partial charge >= 0.3 is 12.2 Å². The molecule has 0 radical (unpaired) electrons. The zero-order valence-corrected chi connectivity index (χ0v) is 55.2. The summed E-state index contributed by atoms with van der Waals surface area (Å²) in [5.41, 5.74) is 3.21. The lowest BCUT2D eigenvalue weighted by Crippen LogP contribution is -2.54. The number of hydrogen-bond donors (Lipinski definition) is 9. The van der Waals surface area contributed by atoms with Crippen molar-refractivity contribution in [2.75, 3.05) is 56.5 Å². The average molecular weight is 1350 g/mol. The van der Waals surface area contributed by atoms with Gasteiger partial charge in [-0.05, 0) is 124 Å². The van der Waals surface area contributed by atoms with E-state index in [-0.39, 0.29) is 110 Å². The minimum atomic E-state index is -1.67. The van der Waals surface area contributed by atoms with Crippen molar-refractivity contribution in [2.45, 2.75) is 174 Å². The van der Waals surface area contributed by atoms with Crippen LogP contribution in [0.25, 0.3) is 0 Å². The van der Waals surface area contributed by atoms with Crippen LogP contribution in [-0.4, -0.2) is 207 Å². The topological polar surface area (TPSA) is 372 Å². The second-order valence-electron chi connectivity index (χ2n) is 26.4. The molecule has 12 atom stereocenters. The number of aliphatic hydroxyl groups excluding tert-OH is 8. The number of methoxy groups -OCH3 is 1. The van der Waals surface area contributed by atoms with Gasteiger partial charge in [0, 0.05) is 44.6 Å². The number of hydrogen-bond acceptors (Lipinski definition) is 23. The number of Topliss-reactive ketones (excluding diaryl/α,β-unsaturated/α-hetero) is 1. The maximum absolute atomic E-state index is 14.5. The van der Waals surface area contributed by atoms with Crippen LogP contribution in [0.3, 0.4) is 0 Å². The summed E-state index contributed by atoms with van der Waals surface area (Å²) in [4.78, 5) is 89.7. The molecular weight excluding hydrogens is 1270 g/mol. The third kappa shape index (κ3) is 15.8. The van der Waals surface area contributed by atoms with Gasteiger partial charge in [-0.1, -0.05) is 44.1 Å². The molecule has 2 unspecified atom stereocenters. The molecule has 6 aliphatic heterocycles. The van der Waals surface area contributed by atoms with Gasteiger partial charge in [0.2, 0.25) is 12.6 Å². The van der Waals surface area contributed by atoms with Crippen LogP contribution in [0.1, 0.15) is 137 Å². The first-order valence-corrected chi connectivity index (χ1v) is 32.2. The Labute approximate surface area is 560 Å². The Morgan fingerprint density at radius 2 is 1.01 bits per heavy atom. The molecule has 524 valence electrons. The molecule has 28 heteroatoms. The molecule has 0 aromatic heterocycles. The van der Waals surface area contributed by atoms with Crippen LogP contribution in [0.4, 0.5) is 21.0 Å². The molecule has 4 aromatic carbocycles. The van der Waals surface area contributed by atoms with Gasteiger partial charge in [-0.2, -0.15) is 0 Å². The van der Waals surface area contributed by atoms with Crippen molar-refractivity contribution < 1.29 is 112 Å². The summed E-state index contributed by atoms with van der Waals surface area (Å²) in [5.74, 6) is -1.29. The predicted octanol–water partition coefficient (Wildman–Crippen LogP) is 4.75. The minimum absolute atomic E-state index is 0.0177. The van der Waals surface area contributed by atoms with E-state index in [0.29, 0.717) is 53.0 Å². The van der Waals surface area contributed by atoms with Crippen molar-refractivity contribution in [1.82, 2.24) is 15.1 Å². The van der Waals surface area contributed by atoms with Crippen LogP contribution < -0.4 is 34.1 Å². The number of carbonyl (C=O) groups is 6. The molecule has 6 aliphatic rings. The van der Waals surface area contributed by atoms with E-state index in [1.54, 1.807) is 38.4 Å². The predicted molar refractivity (Wildman–Crippen MR) is 343 cm³/mol. The molecule has 10 rings (SSSR count). The van der Waals surface area contributed by atoms with E-state index in [1.165, 1.54) is 65.4 Å². The number of benzene rings is 4. The largest absolute Gasteiger partial charge is 0.493 e. The quantitative estimate of drug-likeness (QED) is 0.0378. The van der Waals surface area contributed by atoms with Crippen LogP contribution in [-0.2, 0) is 36.9 Å². The molecule has 28 nitrogen and oxygen atoms in total. The van der Waals surface area contributed by atoms with Gasteiger partial charge in [0.05, 0.1) is 78.7 Å². The van der Waals surface area contributed by atoms with Crippen molar-refractivity contribution in [2.24, 2.45) is 5.41 Å². The van der Waals surface area contributed by atoms with Crippen LogP contribution in [0.5, 0.6) is 23.0 Å². The van der Waals surface area contributed by atoms with Crippen molar-refractivity contribution in [3.8, 4) is 23.0 Å². The van der Waals surface area contributed by atoms with Crippen LogP contribution >= 0.6 is 0 Å². The van der Waals surface area contributed by atoms with E-state index in [9.17, 15) is 69.6 Å². The lowest BCUT2D eigenvalue weighted by Gasteiger charge is -2.35. The minimum Gasteiger partial charge on any atom is -0.493 e.